The normalized spacial score (nSPS) is 19.7. The fourth-order valence-electron chi connectivity index (χ4n) is 2.88. The number of amides is 2. The van der Waals surface area contributed by atoms with Crippen LogP contribution in [0.4, 0.5) is 0 Å². The average molecular weight is 339 g/mol. The topological polar surface area (TPSA) is 82.8 Å². The van der Waals surface area contributed by atoms with Gasteiger partial charge in [-0.1, -0.05) is 11.6 Å². The molecule has 0 atom stereocenters. The smallest absolute Gasteiger partial charge is 0.275 e. The van der Waals surface area contributed by atoms with Gasteiger partial charge in [-0.2, -0.15) is 5.10 Å². The summed E-state index contributed by atoms with van der Waals surface area (Å²) in [5.41, 5.74) is -0.511. The highest BCUT2D eigenvalue weighted by molar-refractivity contribution is 6.33. The first-order valence-corrected chi connectivity index (χ1v) is 7.77. The maximum absolute atomic E-state index is 12.5. The van der Waals surface area contributed by atoms with Crippen molar-refractivity contribution in [1.29, 1.82) is 0 Å². The third kappa shape index (κ3) is 2.67. The summed E-state index contributed by atoms with van der Waals surface area (Å²) in [5.74, 6) is 0.271. The first-order chi connectivity index (χ1) is 10.8. The van der Waals surface area contributed by atoms with Gasteiger partial charge in [0.2, 0.25) is 5.96 Å². The molecule has 3 rings (SSSR count). The number of likely N-dealkylation sites (tertiary alicyclic amines) is 1. The van der Waals surface area contributed by atoms with Gasteiger partial charge in [0, 0.05) is 40.4 Å². The Morgan fingerprint density at radius 2 is 2.04 bits per heavy atom. The molecular formula is C14H19ClN6O2. The highest BCUT2D eigenvalue weighted by Gasteiger charge is 2.47. The maximum Gasteiger partial charge on any atom is 0.275 e. The average Bonchev–Trinajstić information content (AvgIpc) is 3.00. The molecule has 23 heavy (non-hydrogen) atoms. The van der Waals surface area contributed by atoms with Crippen molar-refractivity contribution in [3.63, 3.8) is 0 Å². The Morgan fingerprint density at radius 1 is 1.39 bits per heavy atom. The van der Waals surface area contributed by atoms with E-state index >= 15 is 0 Å². The molecule has 0 saturated carbocycles. The number of carbonyl (C=O) groups is 2. The number of piperidine rings is 1. The molecular weight excluding hydrogens is 320 g/mol. The zero-order valence-corrected chi connectivity index (χ0v) is 14.1. The van der Waals surface area contributed by atoms with E-state index in [2.05, 4.69) is 15.4 Å². The Morgan fingerprint density at radius 3 is 2.52 bits per heavy atom. The zero-order chi connectivity index (χ0) is 16.8. The van der Waals surface area contributed by atoms with Crippen LogP contribution in [0.1, 0.15) is 23.3 Å². The summed E-state index contributed by atoms with van der Waals surface area (Å²) in [6.45, 7) is 0.896. The molecule has 0 aromatic carbocycles. The lowest BCUT2D eigenvalue weighted by molar-refractivity contribution is -0.125. The van der Waals surface area contributed by atoms with E-state index in [1.165, 1.54) is 4.68 Å². The molecule has 9 heteroatoms. The zero-order valence-electron chi connectivity index (χ0n) is 13.3. The van der Waals surface area contributed by atoms with E-state index in [1.807, 2.05) is 14.1 Å². The number of hydrogen-bond acceptors (Lipinski definition) is 5. The van der Waals surface area contributed by atoms with E-state index in [0.29, 0.717) is 36.9 Å². The summed E-state index contributed by atoms with van der Waals surface area (Å²) in [6.07, 6.45) is 2.58. The molecule has 1 spiro atoms. The van der Waals surface area contributed by atoms with Crippen LogP contribution in [0, 0.1) is 0 Å². The van der Waals surface area contributed by atoms with E-state index in [9.17, 15) is 9.59 Å². The first-order valence-electron chi connectivity index (χ1n) is 7.39. The summed E-state index contributed by atoms with van der Waals surface area (Å²) in [7, 11) is 5.38. The molecule has 8 nitrogen and oxygen atoms in total. The first kappa shape index (κ1) is 15.8. The van der Waals surface area contributed by atoms with E-state index < -0.39 is 5.54 Å². The lowest BCUT2D eigenvalue weighted by atomic mass is 9.88. The number of aliphatic imine (C=N–C) groups is 1. The van der Waals surface area contributed by atoms with Gasteiger partial charge in [-0.15, -0.1) is 0 Å². The molecule has 124 valence electrons. The second-order valence-corrected chi connectivity index (χ2v) is 6.51. The third-order valence-corrected chi connectivity index (χ3v) is 4.53. The molecule has 2 aliphatic heterocycles. The summed E-state index contributed by atoms with van der Waals surface area (Å²) >= 11 is 6.03. The van der Waals surface area contributed by atoms with Crippen LogP contribution in [0.2, 0.25) is 5.02 Å². The molecule has 1 fully saturated rings. The lowest BCUT2D eigenvalue weighted by Gasteiger charge is -2.35. The van der Waals surface area contributed by atoms with Crippen molar-refractivity contribution >= 4 is 29.4 Å². The molecule has 0 aliphatic carbocycles. The Hall–Kier alpha value is -2.09. The minimum atomic E-state index is -0.760. The van der Waals surface area contributed by atoms with Crippen LogP contribution in [-0.4, -0.2) is 70.1 Å². The van der Waals surface area contributed by atoms with Crippen molar-refractivity contribution in [3.05, 3.63) is 16.9 Å². The van der Waals surface area contributed by atoms with Gasteiger partial charge in [-0.05, 0) is 12.8 Å². The largest absolute Gasteiger partial charge is 0.349 e. The van der Waals surface area contributed by atoms with Crippen molar-refractivity contribution in [2.75, 3.05) is 27.2 Å². The Labute approximate surface area is 139 Å². The van der Waals surface area contributed by atoms with Gasteiger partial charge in [-0.3, -0.25) is 19.6 Å². The van der Waals surface area contributed by atoms with Crippen molar-refractivity contribution in [3.8, 4) is 0 Å². The number of carbonyl (C=O) groups excluding carboxylic acids is 2. The van der Waals surface area contributed by atoms with Gasteiger partial charge in [0.05, 0.1) is 5.02 Å². The van der Waals surface area contributed by atoms with Crippen LogP contribution in [0.25, 0.3) is 0 Å². The molecule has 2 aliphatic rings. The van der Waals surface area contributed by atoms with Gasteiger partial charge in [0.1, 0.15) is 5.54 Å². The monoisotopic (exact) mass is 338 g/mol. The number of nitrogens with one attached hydrogen (secondary N) is 1. The van der Waals surface area contributed by atoms with E-state index in [-0.39, 0.29) is 17.5 Å². The van der Waals surface area contributed by atoms with Crippen LogP contribution in [0.5, 0.6) is 0 Å². The number of nitrogens with zero attached hydrogens (tertiary/aromatic N) is 5. The number of rotatable bonds is 1. The van der Waals surface area contributed by atoms with Crippen LogP contribution < -0.4 is 5.32 Å². The van der Waals surface area contributed by atoms with Crippen molar-refractivity contribution in [1.82, 2.24) is 24.9 Å². The van der Waals surface area contributed by atoms with Crippen molar-refractivity contribution in [2.24, 2.45) is 12.0 Å². The summed E-state index contributed by atoms with van der Waals surface area (Å²) in [5, 5.41) is 7.24. The predicted molar refractivity (Wildman–Crippen MR) is 85.4 cm³/mol. The third-order valence-electron chi connectivity index (χ3n) is 4.26. The van der Waals surface area contributed by atoms with Crippen LogP contribution in [-0.2, 0) is 11.8 Å². The molecule has 0 bridgehead atoms. The summed E-state index contributed by atoms with van der Waals surface area (Å²) in [4.78, 5) is 32.8. The van der Waals surface area contributed by atoms with Gasteiger partial charge in [0.15, 0.2) is 5.69 Å². The lowest BCUT2D eigenvalue weighted by Crippen LogP contribution is -2.50. The fourth-order valence-corrected chi connectivity index (χ4v) is 3.14. The summed E-state index contributed by atoms with van der Waals surface area (Å²) < 4.78 is 1.51. The Kier molecular flexibility index (Phi) is 3.79. The van der Waals surface area contributed by atoms with Crippen molar-refractivity contribution in [2.45, 2.75) is 18.4 Å². The molecule has 3 heterocycles. The molecule has 1 aromatic rings. The number of halogens is 1. The SMILES string of the molecule is CN(C)C1=NC2(CCN(C(=O)c3nn(C)cc3Cl)CC2)C(=O)N1. The van der Waals surface area contributed by atoms with Crippen molar-refractivity contribution < 1.29 is 9.59 Å². The van der Waals surface area contributed by atoms with E-state index in [0.717, 1.165) is 0 Å². The number of aromatic nitrogens is 2. The highest BCUT2D eigenvalue weighted by Crippen LogP contribution is 2.31. The molecule has 1 saturated heterocycles. The standard InChI is InChI=1S/C14H19ClN6O2/c1-19(2)13-16-12(23)14(17-13)4-6-21(7-5-14)11(22)10-9(15)8-20(3)18-10/h8H,4-7H2,1-3H3,(H,16,17,23). The molecule has 0 unspecified atom stereocenters. The second kappa shape index (κ2) is 5.52. The minimum Gasteiger partial charge on any atom is -0.349 e. The second-order valence-electron chi connectivity index (χ2n) is 6.11. The van der Waals surface area contributed by atoms with E-state index in [1.54, 1.807) is 23.0 Å². The van der Waals surface area contributed by atoms with Crippen LogP contribution in [0.15, 0.2) is 11.2 Å². The maximum atomic E-state index is 12.5. The number of aryl methyl sites for hydroxylation is 1. The van der Waals surface area contributed by atoms with Gasteiger partial charge in [0.25, 0.3) is 11.8 Å². The highest BCUT2D eigenvalue weighted by atomic mass is 35.5. The van der Waals surface area contributed by atoms with Gasteiger partial charge < -0.3 is 9.80 Å². The Bertz CT molecular complexity index is 687. The molecule has 1 aromatic heterocycles. The Balaban J connectivity index is 1.73. The number of guanidine groups is 1. The molecule has 1 N–H and O–H groups in total. The van der Waals surface area contributed by atoms with Crippen LogP contribution in [0.3, 0.4) is 0 Å². The van der Waals surface area contributed by atoms with E-state index in [4.69, 9.17) is 11.6 Å². The molecule has 0 radical (unpaired) electrons. The fraction of sp³-hybridized carbons (Fsp3) is 0.571. The molecule has 2 amide bonds. The summed E-state index contributed by atoms with van der Waals surface area (Å²) in [6, 6.07) is 0. The van der Waals surface area contributed by atoms with Gasteiger partial charge >= 0.3 is 0 Å². The van der Waals surface area contributed by atoms with Gasteiger partial charge in [-0.25, -0.2) is 4.99 Å². The quantitative estimate of drug-likeness (QED) is 0.787. The number of hydrogen-bond donors (Lipinski definition) is 1. The predicted octanol–water partition coefficient (Wildman–Crippen LogP) is 0.0957. The van der Waals surface area contributed by atoms with Crippen LogP contribution >= 0.6 is 11.6 Å². The minimum absolute atomic E-state index is 0.0934.